The molecule has 114 valence electrons. The van der Waals surface area contributed by atoms with Crippen molar-refractivity contribution in [2.75, 3.05) is 7.05 Å². The van der Waals surface area contributed by atoms with Gasteiger partial charge in [-0.2, -0.15) is 0 Å². The Bertz CT molecular complexity index is 587. The van der Waals surface area contributed by atoms with E-state index in [2.05, 4.69) is 52.3 Å². The van der Waals surface area contributed by atoms with Gasteiger partial charge in [0.15, 0.2) is 0 Å². The van der Waals surface area contributed by atoms with E-state index < -0.39 is 0 Å². The highest BCUT2D eigenvalue weighted by Gasteiger charge is 2.23. The molecule has 1 aromatic heterocycles. The van der Waals surface area contributed by atoms with Crippen LogP contribution in [0.2, 0.25) is 5.02 Å². The van der Waals surface area contributed by atoms with Gasteiger partial charge >= 0.3 is 0 Å². The Balaban J connectivity index is 2.23. The molecule has 0 amide bonds. The second kappa shape index (κ2) is 7.75. The average molecular weight is 388 g/mol. The first kappa shape index (κ1) is 17.0. The lowest BCUT2D eigenvalue weighted by Crippen LogP contribution is -2.38. The molecular formula is C16H20BrClN2S. The Kier molecular flexibility index (Phi) is 6.26. The average Bonchev–Trinajstić information content (AvgIpc) is 2.84. The van der Waals surface area contributed by atoms with Gasteiger partial charge < -0.3 is 5.73 Å². The minimum Gasteiger partial charge on any atom is -0.326 e. The summed E-state index contributed by atoms with van der Waals surface area (Å²) < 4.78 is 1.13. The van der Waals surface area contributed by atoms with Crippen molar-refractivity contribution in [3.63, 3.8) is 0 Å². The maximum absolute atomic E-state index is 6.37. The van der Waals surface area contributed by atoms with E-state index in [1.165, 1.54) is 10.4 Å². The van der Waals surface area contributed by atoms with Gasteiger partial charge in [-0.25, -0.2) is 0 Å². The van der Waals surface area contributed by atoms with Crippen LogP contribution in [0.5, 0.6) is 0 Å². The lowest BCUT2D eigenvalue weighted by Gasteiger charge is -2.32. The van der Waals surface area contributed by atoms with Crippen LogP contribution in [0.4, 0.5) is 0 Å². The third kappa shape index (κ3) is 4.54. The van der Waals surface area contributed by atoms with Crippen molar-refractivity contribution >= 4 is 38.9 Å². The first-order valence-corrected chi connectivity index (χ1v) is 9.00. The molecule has 0 aliphatic carbocycles. The van der Waals surface area contributed by atoms with E-state index in [0.29, 0.717) is 0 Å². The summed E-state index contributed by atoms with van der Waals surface area (Å²) in [6, 6.07) is 10.4. The number of thiophene rings is 1. The molecule has 5 heteroatoms. The molecule has 0 radical (unpaired) electrons. The van der Waals surface area contributed by atoms with Gasteiger partial charge in [-0.1, -0.05) is 30.7 Å². The van der Waals surface area contributed by atoms with E-state index in [0.717, 1.165) is 22.5 Å². The first-order valence-electron chi connectivity index (χ1n) is 6.95. The van der Waals surface area contributed by atoms with Crippen LogP contribution < -0.4 is 5.73 Å². The van der Waals surface area contributed by atoms with E-state index in [9.17, 15) is 0 Å². The minimum atomic E-state index is 0.0804. The molecule has 2 atom stereocenters. The zero-order valence-corrected chi connectivity index (χ0v) is 15.4. The standard InChI is InChI=1S/C16H20BrClN2S/c1-3-15(19)16(11-5-4-6-13(18)7-11)20(2)9-14-8-12(17)10-21-14/h4-8,10,15-16H,3,9,19H2,1-2H3. The van der Waals surface area contributed by atoms with Crippen molar-refractivity contribution in [1.29, 1.82) is 0 Å². The minimum absolute atomic E-state index is 0.0804. The Morgan fingerprint density at radius 2 is 2.14 bits per heavy atom. The monoisotopic (exact) mass is 386 g/mol. The highest BCUT2D eigenvalue weighted by molar-refractivity contribution is 9.10. The molecule has 2 aromatic rings. The number of likely N-dealkylation sites (N-methyl/N-ethyl adjacent to an activating group) is 1. The van der Waals surface area contributed by atoms with Gasteiger partial charge in [0.25, 0.3) is 0 Å². The number of rotatable bonds is 6. The molecule has 2 unspecified atom stereocenters. The molecule has 2 N–H and O–H groups in total. The Labute approximate surface area is 144 Å². The van der Waals surface area contributed by atoms with E-state index >= 15 is 0 Å². The highest BCUT2D eigenvalue weighted by atomic mass is 79.9. The summed E-state index contributed by atoms with van der Waals surface area (Å²) >= 11 is 11.4. The molecule has 1 aromatic carbocycles. The summed E-state index contributed by atoms with van der Waals surface area (Å²) in [6.07, 6.45) is 0.926. The lowest BCUT2D eigenvalue weighted by atomic mass is 9.96. The maximum atomic E-state index is 6.37. The third-order valence-electron chi connectivity index (χ3n) is 3.57. The Hall–Kier alpha value is -0.390. The van der Waals surface area contributed by atoms with Gasteiger partial charge in [-0.15, -0.1) is 11.3 Å². The summed E-state index contributed by atoms with van der Waals surface area (Å²) in [4.78, 5) is 3.62. The topological polar surface area (TPSA) is 29.3 Å². The van der Waals surface area contributed by atoms with Crippen molar-refractivity contribution in [3.8, 4) is 0 Å². The molecule has 1 heterocycles. The highest BCUT2D eigenvalue weighted by Crippen LogP contribution is 2.29. The molecule has 0 aliphatic heterocycles. The number of hydrogen-bond donors (Lipinski definition) is 1. The SMILES string of the molecule is CCC(N)C(c1cccc(Cl)c1)N(C)Cc1cc(Br)cs1. The second-order valence-corrected chi connectivity index (χ2v) is 7.57. The fraction of sp³-hybridized carbons (Fsp3) is 0.375. The van der Waals surface area contributed by atoms with Crippen molar-refractivity contribution in [1.82, 2.24) is 4.90 Å². The fourth-order valence-electron chi connectivity index (χ4n) is 2.52. The zero-order chi connectivity index (χ0) is 15.4. The quantitative estimate of drug-likeness (QED) is 0.749. The predicted molar refractivity (Wildman–Crippen MR) is 95.9 cm³/mol. The van der Waals surface area contributed by atoms with Crippen LogP contribution in [0.25, 0.3) is 0 Å². The Morgan fingerprint density at radius 1 is 1.38 bits per heavy atom. The predicted octanol–water partition coefficient (Wildman–Crippen LogP) is 5.07. The van der Waals surface area contributed by atoms with Crippen molar-refractivity contribution in [3.05, 3.63) is 55.6 Å². The van der Waals surface area contributed by atoms with Crippen molar-refractivity contribution in [2.45, 2.75) is 32.0 Å². The molecule has 0 fully saturated rings. The Morgan fingerprint density at radius 3 is 2.71 bits per heavy atom. The molecule has 0 saturated heterocycles. The van der Waals surface area contributed by atoms with Gasteiger partial charge in [0.2, 0.25) is 0 Å². The van der Waals surface area contributed by atoms with Crippen LogP contribution in [-0.4, -0.2) is 18.0 Å². The van der Waals surface area contributed by atoms with E-state index in [-0.39, 0.29) is 12.1 Å². The van der Waals surface area contributed by atoms with Crippen LogP contribution >= 0.6 is 38.9 Å². The summed E-state index contributed by atoms with van der Waals surface area (Å²) in [7, 11) is 2.12. The van der Waals surface area contributed by atoms with Gasteiger partial charge in [0.05, 0.1) is 0 Å². The molecule has 0 bridgehead atoms. The van der Waals surface area contributed by atoms with Crippen molar-refractivity contribution < 1.29 is 0 Å². The molecule has 0 spiro atoms. The number of halogens is 2. The van der Waals surface area contributed by atoms with Gasteiger partial charge in [0, 0.05) is 38.4 Å². The summed E-state index contributed by atoms with van der Waals surface area (Å²) in [5.74, 6) is 0. The number of nitrogens with zero attached hydrogens (tertiary/aromatic N) is 1. The summed E-state index contributed by atoms with van der Waals surface area (Å²) in [6.45, 7) is 3.00. The molecular weight excluding hydrogens is 368 g/mol. The normalized spacial score (nSPS) is 14.4. The smallest absolute Gasteiger partial charge is 0.0500 e. The van der Waals surface area contributed by atoms with Crippen LogP contribution in [-0.2, 0) is 6.54 Å². The van der Waals surface area contributed by atoms with Crippen LogP contribution in [0.15, 0.2) is 40.2 Å². The number of hydrogen-bond acceptors (Lipinski definition) is 3. The molecule has 2 rings (SSSR count). The molecule has 21 heavy (non-hydrogen) atoms. The van der Waals surface area contributed by atoms with E-state index in [1.54, 1.807) is 11.3 Å². The van der Waals surface area contributed by atoms with Gasteiger partial charge in [0.1, 0.15) is 0 Å². The molecule has 2 nitrogen and oxygen atoms in total. The van der Waals surface area contributed by atoms with Gasteiger partial charge in [-0.05, 0) is 53.2 Å². The number of nitrogens with two attached hydrogens (primary N) is 1. The maximum Gasteiger partial charge on any atom is 0.0500 e. The summed E-state index contributed by atoms with van der Waals surface area (Å²) in [5, 5.41) is 2.87. The number of benzene rings is 1. The van der Waals surface area contributed by atoms with Crippen molar-refractivity contribution in [2.24, 2.45) is 5.73 Å². The zero-order valence-electron chi connectivity index (χ0n) is 12.2. The fourth-order valence-corrected chi connectivity index (χ4v) is 4.24. The molecule has 0 saturated carbocycles. The van der Waals surface area contributed by atoms with Crippen LogP contribution in [0, 0.1) is 0 Å². The third-order valence-corrected chi connectivity index (χ3v) is 5.49. The summed E-state index contributed by atoms with van der Waals surface area (Å²) in [5.41, 5.74) is 7.54. The van der Waals surface area contributed by atoms with Crippen LogP contribution in [0.1, 0.15) is 29.8 Å². The largest absolute Gasteiger partial charge is 0.326 e. The van der Waals surface area contributed by atoms with E-state index in [1.807, 2.05) is 18.2 Å². The molecule has 0 aliphatic rings. The van der Waals surface area contributed by atoms with Crippen LogP contribution in [0.3, 0.4) is 0 Å². The first-order chi connectivity index (χ1) is 10.0. The second-order valence-electron chi connectivity index (χ2n) is 5.22. The van der Waals surface area contributed by atoms with Gasteiger partial charge in [-0.3, -0.25) is 4.90 Å². The lowest BCUT2D eigenvalue weighted by molar-refractivity contribution is 0.203. The van der Waals surface area contributed by atoms with E-state index in [4.69, 9.17) is 17.3 Å².